The molecule has 16 heavy (non-hydrogen) atoms. The molecule has 0 unspecified atom stereocenters. The molecule has 1 aromatic rings. The van der Waals surface area contributed by atoms with Crippen molar-refractivity contribution in [3.05, 3.63) is 18.3 Å². The van der Waals surface area contributed by atoms with E-state index in [0.29, 0.717) is 4.31 Å². The number of nitrogens with two attached hydrogens (primary N) is 1. The van der Waals surface area contributed by atoms with Crippen LogP contribution in [0.25, 0.3) is 0 Å². The Bertz CT molecular complexity index is 464. The lowest BCUT2D eigenvalue weighted by Crippen LogP contribution is -2.32. The number of hydrogen-bond donors (Lipinski definition) is 1. The van der Waals surface area contributed by atoms with Crippen LogP contribution in [0.4, 0.5) is 14.5 Å². The first-order valence-corrected chi connectivity index (χ1v) is 5.74. The second-order valence-corrected chi connectivity index (χ2v) is 5.03. The number of nitrogen functional groups attached to an aromatic ring is 1. The topological polar surface area (TPSA) is 76.3 Å². The number of pyridine rings is 1. The molecule has 1 rings (SSSR count). The molecule has 1 aromatic heterocycles. The minimum Gasteiger partial charge on any atom is -0.396 e. The van der Waals surface area contributed by atoms with Crippen LogP contribution in [0.1, 0.15) is 0 Å². The van der Waals surface area contributed by atoms with E-state index in [0.717, 1.165) is 7.05 Å². The fourth-order valence-electron chi connectivity index (χ4n) is 1.06. The molecule has 0 atom stereocenters. The van der Waals surface area contributed by atoms with Gasteiger partial charge in [0, 0.05) is 13.2 Å². The molecular weight excluding hydrogens is 240 g/mol. The molecule has 0 bridgehead atoms. The van der Waals surface area contributed by atoms with Crippen molar-refractivity contribution in [1.29, 1.82) is 0 Å². The smallest absolute Gasteiger partial charge is 0.262 e. The van der Waals surface area contributed by atoms with E-state index in [1.165, 1.54) is 18.3 Å². The van der Waals surface area contributed by atoms with Crippen molar-refractivity contribution in [3.8, 4) is 0 Å². The van der Waals surface area contributed by atoms with Crippen molar-refractivity contribution in [2.45, 2.75) is 11.5 Å². The van der Waals surface area contributed by atoms with Crippen molar-refractivity contribution in [1.82, 2.24) is 9.29 Å². The molecule has 0 radical (unpaired) electrons. The molecule has 0 spiro atoms. The molecule has 2 N–H and O–H groups in total. The Morgan fingerprint density at radius 2 is 2.19 bits per heavy atom. The molecule has 0 aliphatic heterocycles. The van der Waals surface area contributed by atoms with E-state index in [9.17, 15) is 17.2 Å². The fraction of sp³-hybridized carbons (Fsp3) is 0.375. The van der Waals surface area contributed by atoms with Crippen LogP contribution in [0.3, 0.4) is 0 Å². The third-order valence-corrected chi connectivity index (χ3v) is 3.65. The lowest BCUT2D eigenvalue weighted by atomic mass is 10.4. The zero-order valence-electron chi connectivity index (χ0n) is 8.47. The molecule has 0 saturated carbocycles. The largest absolute Gasteiger partial charge is 0.396 e. The first kappa shape index (κ1) is 12.8. The molecule has 0 saturated heterocycles. The van der Waals surface area contributed by atoms with Gasteiger partial charge in [0.2, 0.25) is 0 Å². The molecular formula is C8H11F2N3O2S. The molecule has 1 heterocycles. The van der Waals surface area contributed by atoms with Gasteiger partial charge in [-0.1, -0.05) is 0 Å². The summed E-state index contributed by atoms with van der Waals surface area (Å²) in [4.78, 5) is 3.58. The van der Waals surface area contributed by atoms with Crippen molar-refractivity contribution in [2.75, 3.05) is 19.3 Å². The van der Waals surface area contributed by atoms with Crippen molar-refractivity contribution >= 4 is 15.7 Å². The van der Waals surface area contributed by atoms with Crippen LogP contribution >= 0.6 is 0 Å². The molecule has 0 amide bonds. The molecule has 0 aliphatic carbocycles. The van der Waals surface area contributed by atoms with Gasteiger partial charge in [-0.2, -0.15) is 4.31 Å². The van der Waals surface area contributed by atoms with Crippen LogP contribution < -0.4 is 5.73 Å². The van der Waals surface area contributed by atoms with Crippen molar-refractivity contribution in [2.24, 2.45) is 0 Å². The second-order valence-electron chi connectivity index (χ2n) is 3.07. The maximum Gasteiger partial charge on any atom is 0.262 e. The Labute approximate surface area is 91.9 Å². The van der Waals surface area contributed by atoms with Crippen LogP contribution in [-0.2, 0) is 10.0 Å². The Morgan fingerprint density at radius 3 is 2.69 bits per heavy atom. The minimum absolute atomic E-state index is 0.0661. The van der Waals surface area contributed by atoms with E-state index < -0.39 is 28.0 Å². The summed E-state index contributed by atoms with van der Waals surface area (Å²) >= 11 is 0. The average molecular weight is 251 g/mol. The highest BCUT2D eigenvalue weighted by molar-refractivity contribution is 7.89. The molecule has 0 aromatic carbocycles. The zero-order chi connectivity index (χ0) is 12.3. The van der Waals surface area contributed by atoms with E-state index in [4.69, 9.17) is 5.73 Å². The quantitative estimate of drug-likeness (QED) is 0.847. The van der Waals surface area contributed by atoms with Gasteiger partial charge in [-0.05, 0) is 12.1 Å². The number of anilines is 1. The second kappa shape index (κ2) is 4.71. The Kier molecular flexibility index (Phi) is 3.76. The molecule has 90 valence electrons. The first-order chi connectivity index (χ1) is 7.35. The van der Waals surface area contributed by atoms with E-state index >= 15 is 0 Å². The van der Waals surface area contributed by atoms with Crippen LogP contribution in [0.5, 0.6) is 0 Å². The van der Waals surface area contributed by atoms with Crippen LogP contribution in [0, 0.1) is 0 Å². The summed E-state index contributed by atoms with van der Waals surface area (Å²) in [5.41, 5.74) is 5.35. The maximum absolute atomic E-state index is 12.1. The van der Waals surface area contributed by atoms with Crippen LogP contribution in [0.15, 0.2) is 23.4 Å². The van der Waals surface area contributed by atoms with Gasteiger partial charge in [-0.25, -0.2) is 22.2 Å². The summed E-state index contributed by atoms with van der Waals surface area (Å²) in [7, 11) is -3.00. The summed E-state index contributed by atoms with van der Waals surface area (Å²) < 4.78 is 48.1. The number of rotatable bonds is 4. The maximum atomic E-state index is 12.1. The Balaban J connectivity index is 3.08. The first-order valence-electron chi connectivity index (χ1n) is 4.30. The van der Waals surface area contributed by atoms with E-state index in [1.807, 2.05) is 0 Å². The van der Waals surface area contributed by atoms with Gasteiger partial charge in [0.05, 0.1) is 12.2 Å². The monoisotopic (exact) mass is 251 g/mol. The number of nitrogens with zero attached hydrogens (tertiary/aromatic N) is 2. The predicted molar refractivity (Wildman–Crippen MR) is 54.5 cm³/mol. The zero-order valence-corrected chi connectivity index (χ0v) is 9.29. The Morgan fingerprint density at radius 1 is 1.56 bits per heavy atom. The minimum atomic E-state index is -4.05. The summed E-state index contributed by atoms with van der Waals surface area (Å²) in [5.74, 6) is 0. The highest BCUT2D eigenvalue weighted by atomic mass is 32.2. The standard InChI is InChI=1S/C8H11F2N3O2S/c1-13(5-7(9)10)16(14,15)8-6(11)3-2-4-12-8/h2-4,7H,5,11H2,1H3. The van der Waals surface area contributed by atoms with Gasteiger partial charge < -0.3 is 5.73 Å². The van der Waals surface area contributed by atoms with Gasteiger partial charge in [-0.3, -0.25) is 0 Å². The van der Waals surface area contributed by atoms with Gasteiger partial charge in [0.25, 0.3) is 16.4 Å². The summed E-state index contributed by atoms with van der Waals surface area (Å²) in [6.45, 7) is -0.891. The van der Waals surface area contributed by atoms with Crippen molar-refractivity contribution < 1.29 is 17.2 Å². The predicted octanol–water partition coefficient (Wildman–Crippen LogP) is 0.549. The van der Waals surface area contributed by atoms with Crippen LogP contribution in [0.2, 0.25) is 0 Å². The molecule has 5 nitrogen and oxygen atoms in total. The number of hydrogen-bond acceptors (Lipinski definition) is 4. The SMILES string of the molecule is CN(CC(F)F)S(=O)(=O)c1ncccc1N. The fourth-order valence-corrected chi connectivity index (χ4v) is 2.22. The highest BCUT2D eigenvalue weighted by Crippen LogP contribution is 2.18. The van der Waals surface area contributed by atoms with E-state index in [2.05, 4.69) is 4.98 Å². The van der Waals surface area contributed by atoms with E-state index in [-0.39, 0.29) is 5.69 Å². The molecule has 0 aliphatic rings. The molecule has 8 heteroatoms. The van der Waals surface area contributed by atoms with Gasteiger partial charge in [0.15, 0.2) is 5.03 Å². The summed E-state index contributed by atoms with van der Waals surface area (Å²) in [6, 6.07) is 2.80. The summed E-state index contributed by atoms with van der Waals surface area (Å²) in [6.07, 6.45) is -1.51. The third kappa shape index (κ3) is 2.64. The van der Waals surface area contributed by atoms with E-state index in [1.54, 1.807) is 0 Å². The molecule has 0 fully saturated rings. The van der Waals surface area contributed by atoms with Gasteiger partial charge in [-0.15, -0.1) is 0 Å². The number of aromatic nitrogens is 1. The lowest BCUT2D eigenvalue weighted by molar-refractivity contribution is 0.126. The number of alkyl halides is 2. The average Bonchev–Trinajstić information content (AvgIpc) is 2.16. The number of halogens is 2. The summed E-state index contributed by atoms with van der Waals surface area (Å²) in [5, 5.41) is -0.404. The highest BCUT2D eigenvalue weighted by Gasteiger charge is 2.26. The lowest BCUT2D eigenvalue weighted by Gasteiger charge is -2.16. The van der Waals surface area contributed by atoms with Gasteiger partial charge >= 0.3 is 0 Å². The van der Waals surface area contributed by atoms with Crippen molar-refractivity contribution in [3.63, 3.8) is 0 Å². The van der Waals surface area contributed by atoms with Crippen LogP contribution in [-0.4, -0.2) is 37.7 Å². The normalized spacial score (nSPS) is 12.3. The van der Waals surface area contributed by atoms with Gasteiger partial charge in [0.1, 0.15) is 0 Å². The third-order valence-electron chi connectivity index (χ3n) is 1.85. The number of sulfonamides is 1. The Hall–Kier alpha value is -1.28.